The number of hydrogen-bond acceptors (Lipinski definition) is 3. The number of ether oxygens (including phenoxy) is 1. The predicted octanol–water partition coefficient (Wildman–Crippen LogP) is 6.51. The summed E-state index contributed by atoms with van der Waals surface area (Å²) in [7, 11) is 0. The number of carbonyl (C=O) groups is 1. The van der Waals surface area contributed by atoms with Crippen LogP contribution in [0, 0.1) is 11.6 Å². The molecule has 1 aromatic heterocycles. The number of hydrogen-bond donors (Lipinski definition) is 0. The lowest BCUT2D eigenvalue weighted by Gasteiger charge is -2.36. The largest absolute Gasteiger partial charge is 0.488 e. The highest BCUT2D eigenvalue weighted by Gasteiger charge is 2.27. The molecule has 1 amide bonds. The van der Waals surface area contributed by atoms with E-state index in [1.165, 1.54) is 12.1 Å². The summed E-state index contributed by atoms with van der Waals surface area (Å²) >= 11 is 0. The third-order valence-corrected chi connectivity index (χ3v) is 7.41. The van der Waals surface area contributed by atoms with Gasteiger partial charge in [0.25, 0.3) is 5.91 Å². The summed E-state index contributed by atoms with van der Waals surface area (Å²) in [6.07, 6.45) is 0. The van der Waals surface area contributed by atoms with Gasteiger partial charge in [0.15, 0.2) is 0 Å². The standard InChI is InChI=1S/C33H29F2N3O2/c34-27-12-5-4-11-25(27)23-40-32-16-8-15-29-26(32)21-31(38(29)22-24-9-2-1-3-10-24)33(39)37-19-17-36(18-20-37)30-14-7-6-13-28(30)35/h1-16,21H,17-20,22-23H2. The smallest absolute Gasteiger partial charge is 0.270 e. The van der Waals surface area contributed by atoms with E-state index in [4.69, 9.17) is 4.74 Å². The average Bonchev–Trinajstić information content (AvgIpc) is 3.36. The number of benzene rings is 4. The van der Waals surface area contributed by atoms with Gasteiger partial charge in [-0.15, -0.1) is 0 Å². The molecule has 6 rings (SSSR count). The highest BCUT2D eigenvalue weighted by molar-refractivity contribution is 6.00. The summed E-state index contributed by atoms with van der Waals surface area (Å²) < 4.78 is 36.7. The van der Waals surface area contributed by atoms with Gasteiger partial charge in [0.05, 0.1) is 11.2 Å². The van der Waals surface area contributed by atoms with Crippen molar-refractivity contribution >= 4 is 22.5 Å². The molecule has 1 aliphatic heterocycles. The van der Waals surface area contributed by atoms with E-state index in [0.29, 0.717) is 55.4 Å². The second-order valence-corrected chi connectivity index (χ2v) is 9.90. The normalized spacial score (nSPS) is 13.6. The second kappa shape index (κ2) is 11.2. The predicted molar refractivity (Wildman–Crippen MR) is 153 cm³/mol. The third-order valence-electron chi connectivity index (χ3n) is 7.41. The zero-order valence-electron chi connectivity index (χ0n) is 22.0. The molecular formula is C33H29F2N3O2. The molecule has 0 aliphatic carbocycles. The second-order valence-electron chi connectivity index (χ2n) is 9.90. The molecule has 40 heavy (non-hydrogen) atoms. The van der Waals surface area contributed by atoms with Crippen molar-refractivity contribution in [1.82, 2.24) is 9.47 Å². The van der Waals surface area contributed by atoms with E-state index in [2.05, 4.69) is 0 Å². The molecule has 0 atom stereocenters. The van der Waals surface area contributed by atoms with Crippen LogP contribution in [0.3, 0.4) is 0 Å². The van der Waals surface area contributed by atoms with Gasteiger partial charge in [-0.05, 0) is 42.0 Å². The Morgan fingerprint density at radius 1 is 0.750 bits per heavy atom. The molecule has 5 nitrogen and oxygen atoms in total. The zero-order valence-corrected chi connectivity index (χ0v) is 22.0. The van der Waals surface area contributed by atoms with E-state index in [1.54, 1.807) is 30.3 Å². The lowest BCUT2D eigenvalue weighted by atomic mass is 10.2. The van der Waals surface area contributed by atoms with Crippen LogP contribution in [-0.2, 0) is 13.2 Å². The van der Waals surface area contributed by atoms with Crippen LogP contribution >= 0.6 is 0 Å². The number of nitrogens with zero attached hydrogens (tertiary/aromatic N) is 3. The van der Waals surface area contributed by atoms with Crippen molar-refractivity contribution in [1.29, 1.82) is 0 Å². The maximum atomic E-state index is 14.3. The number of rotatable bonds is 7. The van der Waals surface area contributed by atoms with Crippen molar-refractivity contribution in [2.45, 2.75) is 13.2 Å². The maximum absolute atomic E-state index is 14.3. The minimum atomic E-state index is -0.318. The number of aromatic nitrogens is 1. The summed E-state index contributed by atoms with van der Waals surface area (Å²) in [5, 5.41) is 0.795. The van der Waals surface area contributed by atoms with Gasteiger partial charge in [-0.25, -0.2) is 8.78 Å². The fourth-order valence-corrected chi connectivity index (χ4v) is 5.29. The Bertz CT molecular complexity index is 1640. The number of fused-ring (bicyclic) bond motifs is 1. The van der Waals surface area contributed by atoms with E-state index in [9.17, 15) is 13.6 Å². The molecule has 0 unspecified atom stereocenters. The molecule has 5 aromatic rings. The summed E-state index contributed by atoms with van der Waals surface area (Å²) in [5.74, 6) is -0.0683. The Kier molecular flexibility index (Phi) is 7.19. The minimum Gasteiger partial charge on any atom is -0.488 e. The lowest BCUT2D eigenvalue weighted by Crippen LogP contribution is -2.49. The number of carbonyl (C=O) groups excluding carboxylic acids is 1. The number of amides is 1. The molecule has 0 bridgehead atoms. The van der Waals surface area contributed by atoms with Gasteiger partial charge in [-0.2, -0.15) is 0 Å². The van der Waals surface area contributed by atoms with Crippen LogP contribution in [0.5, 0.6) is 5.75 Å². The molecule has 4 aromatic carbocycles. The molecule has 0 N–H and O–H groups in total. The Labute approximate surface area is 231 Å². The highest BCUT2D eigenvalue weighted by atomic mass is 19.1. The van der Waals surface area contributed by atoms with Crippen molar-refractivity contribution in [3.05, 3.63) is 132 Å². The number of halogens is 2. The highest BCUT2D eigenvalue weighted by Crippen LogP contribution is 2.32. The van der Waals surface area contributed by atoms with Crippen molar-refractivity contribution in [3.63, 3.8) is 0 Å². The molecule has 2 heterocycles. The van der Waals surface area contributed by atoms with E-state index >= 15 is 0 Å². The third kappa shape index (κ3) is 5.15. The topological polar surface area (TPSA) is 37.7 Å². The molecule has 1 aliphatic rings. The van der Waals surface area contributed by atoms with Gasteiger partial charge in [-0.3, -0.25) is 4.79 Å². The maximum Gasteiger partial charge on any atom is 0.270 e. The average molecular weight is 538 g/mol. The Balaban J connectivity index is 1.30. The Morgan fingerprint density at radius 3 is 2.20 bits per heavy atom. The zero-order chi connectivity index (χ0) is 27.5. The van der Waals surface area contributed by atoms with Gasteiger partial charge in [-0.1, -0.05) is 66.7 Å². The molecule has 7 heteroatoms. The van der Waals surface area contributed by atoms with Crippen LogP contribution in [0.2, 0.25) is 0 Å². The van der Waals surface area contributed by atoms with E-state index in [-0.39, 0.29) is 24.1 Å². The van der Waals surface area contributed by atoms with E-state index in [1.807, 2.05) is 75.0 Å². The van der Waals surface area contributed by atoms with Crippen molar-refractivity contribution in [2.75, 3.05) is 31.1 Å². The first-order valence-electron chi connectivity index (χ1n) is 13.4. The van der Waals surface area contributed by atoms with Gasteiger partial charge >= 0.3 is 0 Å². The molecule has 0 spiro atoms. The molecule has 202 valence electrons. The van der Waals surface area contributed by atoms with Gasteiger partial charge < -0.3 is 19.1 Å². The monoisotopic (exact) mass is 537 g/mol. The minimum absolute atomic E-state index is 0.0803. The molecule has 0 radical (unpaired) electrons. The fraction of sp³-hybridized carbons (Fsp3) is 0.182. The number of piperazine rings is 1. The SMILES string of the molecule is O=C(c1cc2c(OCc3ccccc3F)cccc2n1Cc1ccccc1)N1CCN(c2ccccc2F)CC1. The quantitative estimate of drug-likeness (QED) is 0.238. The number of anilines is 1. The van der Waals surface area contributed by atoms with Crippen LogP contribution in [0.25, 0.3) is 10.9 Å². The van der Waals surface area contributed by atoms with Crippen LogP contribution < -0.4 is 9.64 Å². The molecular weight excluding hydrogens is 508 g/mol. The molecule has 0 saturated carbocycles. The summed E-state index contributed by atoms with van der Waals surface area (Å²) in [4.78, 5) is 17.8. The first-order chi connectivity index (χ1) is 19.6. The van der Waals surface area contributed by atoms with Crippen LogP contribution in [0.15, 0.2) is 103 Å². The van der Waals surface area contributed by atoms with Gasteiger partial charge in [0.1, 0.15) is 29.7 Å². The van der Waals surface area contributed by atoms with Crippen molar-refractivity contribution in [3.8, 4) is 5.75 Å². The van der Waals surface area contributed by atoms with Gasteiger partial charge in [0, 0.05) is 43.7 Å². The first kappa shape index (κ1) is 25.6. The lowest BCUT2D eigenvalue weighted by molar-refractivity contribution is 0.0736. The van der Waals surface area contributed by atoms with Gasteiger partial charge in [0.2, 0.25) is 0 Å². The summed E-state index contributed by atoms with van der Waals surface area (Å²) in [5.41, 5.74) is 3.51. The fourth-order valence-electron chi connectivity index (χ4n) is 5.29. The van der Waals surface area contributed by atoms with Crippen LogP contribution in [0.1, 0.15) is 21.6 Å². The molecule has 1 saturated heterocycles. The summed E-state index contributed by atoms with van der Waals surface area (Å²) in [6.45, 7) is 2.65. The van der Waals surface area contributed by atoms with Crippen molar-refractivity contribution < 1.29 is 18.3 Å². The Hall–Kier alpha value is -4.65. The van der Waals surface area contributed by atoms with Crippen LogP contribution in [-0.4, -0.2) is 41.6 Å². The Morgan fingerprint density at radius 2 is 1.45 bits per heavy atom. The van der Waals surface area contributed by atoms with Crippen molar-refractivity contribution in [2.24, 2.45) is 0 Å². The molecule has 1 fully saturated rings. The van der Waals surface area contributed by atoms with E-state index < -0.39 is 0 Å². The first-order valence-corrected chi connectivity index (χ1v) is 13.4. The summed E-state index contributed by atoms with van der Waals surface area (Å²) in [6, 6.07) is 30.9. The van der Waals surface area contributed by atoms with Crippen LogP contribution in [0.4, 0.5) is 14.5 Å². The number of para-hydroxylation sites is 1. The van der Waals surface area contributed by atoms with E-state index in [0.717, 1.165) is 16.5 Å².